The van der Waals surface area contributed by atoms with E-state index < -0.39 is 27.9 Å². The van der Waals surface area contributed by atoms with Crippen LogP contribution in [0.2, 0.25) is 0 Å². The number of methoxy groups -OCH3 is 1. The molecule has 9 nitrogen and oxygen atoms in total. The number of benzene rings is 2. The number of nitrogens with zero attached hydrogens (tertiary/aromatic N) is 1. The Hall–Kier alpha value is -3.70. The smallest absolute Gasteiger partial charge is 0.271 e. The molecule has 0 fully saturated rings. The molecule has 0 aliphatic rings. The second-order valence-corrected chi connectivity index (χ2v) is 9.27. The molecule has 3 aromatic rings. The number of sulfonamides is 1. The fourth-order valence-electron chi connectivity index (χ4n) is 3.38. The molecular formula is C23H25FN4O5S. The summed E-state index contributed by atoms with van der Waals surface area (Å²) < 4.78 is 47.3. The van der Waals surface area contributed by atoms with Gasteiger partial charge in [0.05, 0.1) is 23.6 Å². The number of hydrazine groups is 1. The minimum absolute atomic E-state index is 0.0368. The van der Waals surface area contributed by atoms with Gasteiger partial charge in [-0.1, -0.05) is 0 Å². The Balaban J connectivity index is 1.64. The third-order valence-corrected chi connectivity index (χ3v) is 6.71. The molecule has 2 amide bonds. The van der Waals surface area contributed by atoms with Crippen LogP contribution in [0.15, 0.2) is 59.5 Å². The molecule has 2 aromatic carbocycles. The highest BCUT2D eigenvalue weighted by atomic mass is 32.2. The van der Waals surface area contributed by atoms with Crippen LogP contribution in [0.1, 0.15) is 28.7 Å². The van der Waals surface area contributed by atoms with E-state index in [1.54, 1.807) is 36.6 Å². The first kappa shape index (κ1) is 24.9. The lowest BCUT2D eigenvalue weighted by Crippen LogP contribution is -2.51. The van der Waals surface area contributed by atoms with Gasteiger partial charge in [0.15, 0.2) is 0 Å². The molecule has 3 rings (SSSR count). The van der Waals surface area contributed by atoms with Crippen molar-refractivity contribution in [1.82, 2.24) is 20.1 Å². The van der Waals surface area contributed by atoms with Crippen molar-refractivity contribution in [3.05, 3.63) is 77.4 Å². The number of carbonyl (C=O) groups is 2. The average molecular weight is 489 g/mol. The van der Waals surface area contributed by atoms with E-state index in [2.05, 4.69) is 15.6 Å². The lowest BCUT2D eigenvalue weighted by atomic mass is 10.2. The Morgan fingerprint density at radius 2 is 1.62 bits per heavy atom. The average Bonchev–Trinajstić information content (AvgIpc) is 3.11. The van der Waals surface area contributed by atoms with E-state index in [1.807, 2.05) is 0 Å². The summed E-state index contributed by atoms with van der Waals surface area (Å²) >= 11 is 0. The minimum Gasteiger partial charge on any atom is -0.497 e. The molecule has 0 unspecified atom stereocenters. The molecule has 1 heterocycles. The van der Waals surface area contributed by atoms with Crippen molar-refractivity contribution in [2.75, 3.05) is 7.11 Å². The fourth-order valence-corrected chi connectivity index (χ4v) is 4.59. The zero-order valence-electron chi connectivity index (χ0n) is 19.0. The molecular weight excluding hydrogens is 463 g/mol. The topological polar surface area (TPSA) is 119 Å². The molecule has 34 heavy (non-hydrogen) atoms. The largest absolute Gasteiger partial charge is 0.497 e. The molecule has 1 atom stereocenters. The van der Waals surface area contributed by atoms with Crippen LogP contribution in [0.3, 0.4) is 0 Å². The number of carbonyl (C=O) groups excluding carboxylic acids is 2. The highest BCUT2D eigenvalue weighted by Gasteiger charge is 2.23. The first-order chi connectivity index (χ1) is 16.0. The SMILES string of the molecule is COc1ccc(S(=O)(=O)N[C@@H](C)C(=O)NNC(=O)c2cc(C)n(-c3ccc(F)cc3)c2C)cc1. The summed E-state index contributed by atoms with van der Waals surface area (Å²) in [4.78, 5) is 25.0. The van der Waals surface area contributed by atoms with Crippen molar-refractivity contribution >= 4 is 21.8 Å². The first-order valence-electron chi connectivity index (χ1n) is 10.2. The van der Waals surface area contributed by atoms with Gasteiger partial charge in [-0.25, -0.2) is 12.8 Å². The number of rotatable bonds is 7. The van der Waals surface area contributed by atoms with Gasteiger partial charge in [0.25, 0.3) is 11.8 Å². The molecule has 0 saturated carbocycles. The zero-order chi connectivity index (χ0) is 25.0. The molecule has 0 aliphatic heterocycles. The van der Waals surface area contributed by atoms with Crippen molar-refractivity contribution in [2.45, 2.75) is 31.7 Å². The van der Waals surface area contributed by atoms with Crippen LogP contribution in [0, 0.1) is 19.7 Å². The second-order valence-electron chi connectivity index (χ2n) is 7.56. The van der Waals surface area contributed by atoms with E-state index in [0.717, 1.165) is 5.69 Å². The molecule has 1 aromatic heterocycles. The van der Waals surface area contributed by atoms with Crippen LogP contribution in [0.4, 0.5) is 4.39 Å². The molecule has 0 saturated heterocycles. The summed E-state index contributed by atoms with van der Waals surface area (Å²) in [7, 11) is -2.51. The van der Waals surface area contributed by atoms with Crippen LogP contribution < -0.4 is 20.3 Å². The van der Waals surface area contributed by atoms with Crippen molar-refractivity contribution < 1.29 is 27.1 Å². The van der Waals surface area contributed by atoms with Crippen molar-refractivity contribution in [2.24, 2.45) is 0 Å². The number of hydrogen-bond donors (Lipinski definition) is 3. The molecule has 0 radical (unpaired) electrons. The summed E-state index contributed by atoms with van der Waals surface area (Å²) in [5.74, 6) is -1.22. The van der Waals surface area contributed by atoms with E-state index in [-0.39, 0.29) is 10.7 Å². The van der Waals surface area contributed by atoms with Gasteiger partial charge in [0.2, 0.25) is 10.0 Å². The van der Waals surface area contributed by atoms with Gasteiger partial charge < -0.3 is 9.30 Å². The molecule has 0 aliphatic carbocycles. The number of aryl methyl sites for hydroxylation is 1. The van der Waals surface area contributed by atoms with E-state index in [9.17, 15) is 22.4 Å². The number of halogens is 1. The van der Waals surface area contributed by atoms with Crippen LogP contribution in [-0.2, 0) is 14.8 Å². The number of hydrogen-bond acceptors (Lipinski definition) is 5. The predicted molar refractivity (Wildman–Crippen MR) is 124 cm³/mol. The molecule has 3 N–H and O–H groups in total. The fraction of sp³-hybridized carbons (Fsp3) is 0.217. The van der Waals surface area contributed by atoms with Crippen LogP contribution >= 0.6 is 0 Å². The Labute approximate surface area is 197 Å². The maximum Gasteiger partial charge on any atom is 0.271 e. The minimum atomic E-state index is -3.97. The van der Waals surface area contributed by atoms with Gasteiger partial charge in [-0.05, 0) is 75.4 Å². The van der Waals surface area contributed by atoms with Crippen LogP contribution in [0.25, 0.3) is 5.69 Å². The molecule has 180 valence electrons. The Bertz CT molecular complexity index is 1300. The van der Waals surface area contributed by atoms with Gasteiger partial charge in [-0.15, -0.1) is 0 Å². The number of amides is 2. The van der Waals surface area contributed by atoms with E-state index in [0.29, 0.717) is 22.7 Å². The summed E-state index contributed by atoms with van der Waals surface area (Å²) in [6, 6.07) is 12.0. The van der Waals surface area contributed by atoms with Gasteiger partial charge in [-0.3, -0.25) is 20.4 Å². The van der Waals surface area contributed by atoms with Crippen molar-refractivity contribution in [1.29, 1.82) is 0 Å². The normalized spacial score (nSPS) is 12.1. The number of ether oxygens (including phenoxy) is 1. The van der Waals surface area contributed by atoms with E-state index >= 15 is 0 Å². The number of nitrogens with one attached hydrogen (secondary N) is 3. The Morgan fingerprint density at radius 3 is 2.21 bits per heavy atom. The Morgan fingerprint density at radius 1 is 1.00 bits per heavy atom. The van der Waals surface area contributed by atoms with Crippen molar-refractivity contribution in [3.8, 4) is 11.4 Å². The van der Waals surface area contributed by atoms with Gasteiger partial charge in [-0.2, -0.15) is 4.72 Å². The first-order valence-corrected chi connectivity index (χ1v) is 11.7. The molecule has 0 bridgehead atoms. The standard InChI is InChI=1S/C23H25FN4O5S/c1-14-13-21(16(3)28(14)18-7-5-17(24)6-8-18)23(30)26-25-22(29)15(2)27-34(31,32)20-11-9-19(33-4)10-12-20/h5-13,15,27H,1-4H3,(H,25,29)(H,26,30)/t15-/m0/s1. The molecule has 11 heteroatoms. The lowest BCUT2D eigenvalue weighted by Gasteiger charge is -2.15. The second kappa shape index (κ2) is 10.1. The number of aromatic nitrogens is 1. The summed E-state index contributed by atoms with van der Waals surface area (Å²) in [6.45, 7) is 4.86. The lowest BCUT2D eigenvalue weighted by molar-refractivity contribution is -0.123. The summed E-state index contributed by atoms with van der Waals surface area (Å²) in [5, 5.41) is 0. The Kier molecular flexibility index (Phi) is 7.38. The van der Waals surface area contributed by atoms with Gasteiger partial charge >= 0.3 is 0 Å². The zero-order valence-corrected chi connectivity index (χ0v) is 19.9. The third-order valence-electron chi connectivity index (χ3n) is 5.15. The van der Waals surface area contributed by atoms with Crippen LogP contribution in [0.5, 0.6) is 5.75 Å². The van der Waals surface area contributed by atoms with Gasteiger partial charge in [0.1, 0.15) is 11.6 Å². The summed E-state index contributed by atoms with van der Waals surface area (Å²) in [5.41, 5.74) is 6.84. The third kappa shape index (κ3) is 5.43. The summed E-state index contributed by atoms with van der Waals surface area (Å²) in [6.07, 6.45) is 0. The predicted octanol–water partition coefficient (Wildman–Crippen LogP) is 2.37. The monoisotopic (exact) mass is 488 g/mol. The van der Waals surface area contributed by atoms with Crippen LogP contribution in [-0.4, -0.2) is 38.0 Å². The van der Waals surface area contributed by atoms with Crippen molar-refractivity contribution in [3.63, 3.8) is 0 Å². The maximum absolute atomic E-state index is 13.2. The highest BCUT2D eigenvalue weighted by Crippen LogP contribution is 2.21. The molecule has 0 spiro atoms. The highest BCUT2D eigenvalue weighted by molar-refractivity contribution is 7.89. The quantitative estimate of drug-likeness (QED) is 0.441. The maximum atomic E-state index is 13.2. The van der Waals surface area contributed by atoms with Gasteiger partial charge in [0, 0.05) is 17.1 Å². The van der Waals surface area contributed by atoms with E-state index in [1.165, 1.54) is 50.4 Å². The van der Waals surface area contributed by atoms with E-state index in [4.69, 9.17) is 4.74 Å².